The zero-order chi connectivity index (χ0) is 40.6. The number of amides is 2. The Hall–Kier alpha value is -5.78. The average molecular weight is 782 g/mol. The highest BCUT2D eigenvalue weighted by Crippen LogP contribution is 2.39. The van der Waals surface area contributed by atoms with E-state index in [-0.39, 0.29) is 24.1 Å². The molecule has 0 spiro atoms. The fraction of sp³-hybridized carbons (Fsp3) is 0.356. The molecule has 1 aromatic heterocycles. The molecule has 7 rings (SSSR count). The average Bonchev–Trinajstić information content (AvgIpc) is 3.82. The Bertz CT molecular complexity index is 2300. The minimum absolute atomic E-state index is 0.277. The lowest BCUT2D eigenvalue weighted by Gasteiger charge is -2.24. The molecule has 5 aromatic rings. The van der Waals surface area contributed by atoms with Gasteiger partial charge in [0.05, 0.1) is 18.6 Å². The number of aromatic nitrogens is 1. The second kappa shape index (κ2) is 15.6. The molecular weight excluding hydrogens is 736 g/mol. The van der Waals surface area contributed by atoms with Crippen LogP contribution in [0.3, 0.4) is 0 Å². The zero-order valence-electron chi connectivity index (χ0n) is 32.9. The summed E-state index contributed by atoms with van der Waals surface area (Å²) in [4.78, 5) is 33.5. The van der Waals surface area contributed by atoms with E-state index in [2.05, 4.69) is 0 Å². The Morgan fingerprint density at radius 2 is 1.18 bits per heavy atom. The summed E-state index contributed by atoms with van der Waals surface area (Å²) in [7, 11) is 0. The fourth-order valence-corrected chi connectivity index (χ4v) is 6.96. The smallest absolute Gasteiger partial charge is 0.410 e. The monoisotopic (exact) mass is 781 g/mol. The van der Waals surface area contributed by atoms with Crippen LogP contribution in [-0.2, 0) is 9.47 Å². The number of likely N-dealkylation sites (tertiary alicyclic amines) is 2. The van der Waals surface area contributed by atoms with E-state index < -0.39 is 28.9 Å². The van der Waals surface area contributed by atoms with Gasteiger partial charge in [-0.15, -0.1) is 0 Å². The molecule has 4 aromatic carbocycles. The van der Waals surface area contributed by atoms with Gasteiger partial charge in [-0.1, -0.05) is 24.3 Å². The standard InChI is InChI=1S/C45H46F3N3O6/c1-44(2,3)56-42(52)50-17-15-33(25-50)54-40-14-10-28(20-35(40)27-7-11-32(46)12-8-27)31-19-30-21-36(29-9-13-37(47)38(48)22-29)41(23-39(30)49-24-31)55-34-16-18-51(26-34)43(53)57-45(4,5)6/h7-14,19-24,33-34H,15-18,25-26H2,1-6H3/t33-,34?/m0/s1. The van der Waals surface area contributed by atoms with Crippen LogP contribution < -0.4 is 9.47 Å². The lowest BCUT2D eigenvalue weighted by molar-refractivity contribution is 0.0266. The van der Waals surface area contributed by atoms with Crippen molar-refractivity contribution in [2.24, 2.45) is 0 Å². The number of halogens is 3. The molecule has 9 nitrogen and oxygen atoms in total. The molecule has 1 unspecified atom stereocenters. The summed E-state index contributed by atoms with van der Waals surface area (Å²) >= 11 is 0. The molecule has 3 heterocycles. The normalized spacial score (nSPS) is 17.2. The number of hydrogen-bond acceptors (Lipinski definition) is 7. The molecule has 0 aliphatic carbocycles. The van der Waals surface area contributed by atoms with Gasteiger partial charge in [0.2, 0.25) is 0 Å². The Labute approximate surface area is 330 Å². The number of carbonyl (C=O) groups is 2. The van der Waals surface area contributed by atoms with E-state index in [9.17, 15) is 22.8 Å². The van der Waals surface area contributed by atoms with Gasteiger partial charge in [-0.25, -0.2) is 22.8 Å². The number of hydrogen-bond donors (Lipinski definition) is 0. The highest BCUT2D eigenvalue weighted by molar-refractivity contribution is 5.91. The van der Waals surface area contributed by atoms with Crippen molar-refractivity contribution in [2.75, 3.05) is 26.2 Å². The summed E-state index contributed by atoms with van der Waals surface area (Å²) < 4.78 is 66.8. The first-order chi connectivity index (χ1) is 27.0. The van der Waals surface area contributed by atoms with Crippen LogP contribution in [0.15, 0.2) is 85.1 Å². The van der Waals surface area contributed by atoms with Crippen molar-refractivity contribution in [3.8, 4) is 44.9 Å². The van der Waals surface area contributed by atoms with E-state index in [1.807, 2.05) is 71.9 Å². The third-order valence-electron chi connectivity index (χ3n) is 9.66. The predicted octanol–water partition coefficient (Wildman–Crippen LogP) is 10.4. The molecule has 0 saturated carbocycles. The van der Waals surface area contributed by atoms with Crippen LogP contribution in [0.1, 0.15) is 54.4 Å². The van der Waals surface area contributed by atoms with Crippen LogP contribution in [0.4, 0.5) is 22.8 Å². The number of benzene rings is 4. The van der Waals surface area contributed by atoms with Crippen LogP contribution >= 0.6 is 0 Å². The molecule has 57 heavy (non-hydrogen) atoms. The summed E-state index contributed by atoms with van der Waals surface area (Å²) in [5.41, 5.74) is 3.34. The number of pyridine rings is 1. The van der Waals surface area contributed by atoms with Crippen molar-refractivity contribution in [3.05, 3.63) is 103 Å². The Morgan fingerprint density at radius 1 is 0.614 bits per heavy atom. The number of nitrogens with zero attached hydrogens (tertiary/aromatic N) is 3. The number of rotatable bonds is 7. The predicted molar refractivity (Wildman–Crippen MR) is 212 cm³/mol. The minimum Gasteiger partial charge on any atom is -0.488 e. The highest BCUT2D eigenvalue weighted by atomic mass is 19.2. The van der Waals surface area contributed by atoms with Gasteiger partial charge in [0.25, 0.3) is 0 Å². The molecule has 0 N–H and O–H groups in total. The fourth-order valence-electron chi connectivity index (χ4n) is 6.96. The zero-order valence-corrected chi connectivity index (χ0v) is 32.9. The number of carbonyl (C=O) groups excluding carboxylic acids is 2. The van der Waals surface area contributed by atoms with E-state index in [4.69, 9.17) is 23.9 Å². The molecular formula is C45H46F3N3O6. The van der Waals surface area contributed by atoms with Crippen molar-refractivity contribution in [1.29, 1.82) is 0 Å². The van der Waals surface area contributed by atoms with E-state index in [0.717, 1.165) is 39.8 Å². The third kappa shape index (κ3) is 9.44. The number of ether oxygens (including phenoxy) is 4. The summed E-state index contributed by atoms with van der Waals surface area (Å²) in [6.07, 6.45) is 1.46. The molecule has 12 heteroatoms. The SMILES string of the molecule is CC(C)(C)OC(=O)N1CCC(Oc2cc3ncc(-c4ccc(O[C@H]5CCN(C(=O)OC(C)(C)C)C5)c(-c5ccc(F)cc5)c4)cc3cc2-c2ccc(F)c(F)c2)C1. The first-order valence-corrected chi connectivity index (χ1v) is 19.1. The maximum absolute atomic E-state index is 14.6. The molecule has 2 fully saturated rings. The molecule has 2 aliphatic heterocycles. The topological polar surface area (TPSA) is 90.4 Å². The van der Waals surface area contributed by atoms with Crippen LogP contribution in [0.25, 0.3) is 44.3 Å². The van der Waals surface area contributed by atoms with Crippen molar-refractivity contribution < 1.29 is 41.7 Å². The van der Waals surface area contributed by atoms with Gasteiger partial charge < -0.3 is 28.7 Å². The lowest BCUT2D eigenvalue weighted by Crippen LogP contribution is -2.36. The Balaban J connectivity index is 1.20. The van der Waals surface area contributed by atoms with Gasteiger partial charge in [0.1, 0.15) is 40.7 Å². The molecule has 2 aliphatic rings. The van der Waals surface area contributed by atoms with Crippen LogP contribution in [0.5, 0.6) is 11.5 Å². The minimum atomic E-state index is -0.992. The molecule has 0 radical (unpaired) electrons. The van der Waals surface area contributed by atoms with Crippen molar-refractivity contribution in [2.45, 2.75) is 77.8 Å². The Kier molecular flexibility index (Phi) is 10.8. The summed E-state index contributed by atoms with van der Waals surface area (Å²) in [5.74, 6) is -1.33. The maximum atomic E-state index is 14.6. The van der Waals surface area contributed by atoms with Gasteiger partial charge >= 0.3 is 12.2 Å². The van der Waals surface area contributed by atoms with Gasteiger partial charge in [-0.2, -0.15) is 0 Å². The first kappa shape index (κ1) is 39.5. The molecule has 298 valence electrons. The summed E-state index contributed by atoms with van der Waals surface area (Å²) in [6, 6.07) is 21.2. The first-order valence-electron chi connectivity index (χ1n) is 19.1. The molecule has 2 saturated heterocycles. The van der Waals surface area contributed by atoms with E-state index in [1.54, 1.807) is 34.2 Å². The van der Waals surface area contributed by atoms with E-state index >= 15 is 0 Å². The second-order valence-corrected chi connectivity index (χ2v) is 16.5. The molecule has 0 bridgehead atoms. The quantitative estimate of drug-likeness (QED) is 0.162. The van der Waals surface area contributed by atoms with Gasteiger partial charge in [-0.05, 0) is 107 Å². The largest absolute Gasteiger partial charge is 0.488 e. The van der Waals surface area contributed by atoms with Gasteiger partial charge in [-0.3, -0.25) is 4.98 Å². The number of fused-ring (bicyclic) bond motifs is 1. The van der Waals surface area contributed by atoms with E-state index in [1.165, 1.54) is 18.2 Å². The van der Waals surface area contributed by atoms with Gasteiger partial charge in [0, 0.05) is 60.3 Å². The maximum Gasteiger partial charge on any atom is 0.410 e. The van der Waals surface area contributed by atoms with Crippen molar-refractivity contribution in [3.63, 3.8) is 0 Å². The summed E-state index contributed by atoms with van der Waals surface area (Å²) in [6.45, 7) is 12.5. The molecule has 2 amide bonds. The molecule has 2 atom stereocenters. The lowest BCUT2D eigenvalue weighted by atomic mass is 9.97. The third-order valence-corrected chi connectivity index (χ3v) is 9.66. The van der Waals surface area contributed by atoms with Crippen LogP contribution in [-0.4, -0.2) is 76.6 Å². The Morgan fingerprint density at radius 3 is 1.77 bits per heavy atom. The van der Waals surface area contributed by atoms with E-state index in [0.29, 0.717) is 67.2 Å². The van der Waals surface area contributed by atoms with Crippen molar-refractivity contribution in [1.82, 2.24) is 14.8 Å². The highest BCUT2D eigenvalue weighted by Gasteiger charge is 2.33. The van der Waals surface area contributed by atoms with Crippen LogP contribution in [0, 0.1) is 17.5 Å². The van der Waals surface area contributed by atoms with Crippen molar-refractivity contribution >= 4 is 23.1 Å². The second-order valence-electron chi connectivity index (χ2n) is 16.5. The van der Waals surface area contributed by atoms with Gasteiger partial charge in [0.15, 0.2) is 11.6 Å². The van der Waals surface area contributed by atoms with Crippen LogP contribution in [0.2, 0.25) is 0 Å². The summed E-state index contributed by atoms with van der Waals surface area (Å²) in [5, 5.41) is 0.721.